The van der Waals surface area contributed by atoms with Crippen LogP contribution in [0.1, 0.15) is 12.5 Å². The Morgan fingerprint density at radius 1 is 1.38 bits per heavy atom. The van der Waals surface area contributed by atoms with Crippen molar-refractivity contribution in [2.45, 2.75) is 19.9 Å². The number of anilines is 1. The molecule has 2 rings (SSSR count). The Kier molecular flexibility index (Phi) is 5.12. The third-order valence-corrected chi connectivity index (χ3v) is 3.66. The van der Waals surface area contributed by atoms with Crippen molar-refractivity contribution in [3.8, 4) is 12.3 Å². The highest BCUT2D eigenvalue weighted by Crippen LogP contribution is 2.12. The second kappa shape index (κ2) is 7.04. The molecule has 1 atom stereocenters. The van der Waals surface area contributed by atoms with Crippen molar-refractivity contribution in [1.82, 2.24) is 20.2 Å². The first-order valence-electron chi connectivity index (χ1n) is 7.10. The lowest BCUT2D eigenvalue weighted by atomic mass is 10.2. The second-order valence-electron chi connectivity index (χ2n) is 5.18. The molecule has 112 valence electrons. The number of nitrogens with one attached hydrogen (secondary N) is 1. The number of aromatic nitrogens is 2. The molecule has 1 aliphatic heterocycles. The molecule has 1 N–H and O–H groups in total. The van der Waals surface area contributed by atoms with E-state index in [0.29, 0.717) is 0 Å². The first-order chi connectivity index (χ1) is 10.1. The molecule has 1 aromatic heterocycles. The smallest absolute Gasteiger partial charge is 0.237 e. The van der Waals surface area contributed by atoms with Gasteiger partial charge in [0.25, 0.3) is 0 Å². The average Bonchev–Trinajstić information content (AvgIpc) is 2.53. The van der Waals surface area contributed by atoms with E-state index in [1.807, 2.05) is 26.2 Å². The van der Waals surface area contributed by atoms with Gasteiger partial charge in [0, 0.05) is 38.6 Å². The molecule has 0 aromatic carbocycles. The fraction of sp³-hybridized carbons (Fsp3) is 0.533. The molecular formula is C15H21N5O. The van der Waals surface area contributed by atoms with E-state index in [1.165, 1.54) is 0 Å². The van der Waals surface area contributed by atoms with Crippen LogP contribution in [-0.2, 0) is 4.79 Å². The Balaban J connectivity index is 1.86. The van der Waals surface area contributed by atoms with Crippen LogP contribution in [0, 0.1) is 19.3 Å². The fourth-order valence-corrected chi connectivity index (χ4v) is 2.31. The number of nitrogens with zero attached hydrogens (tertiary/aromatic N) is 4. The molecule has 21 heavy (non-hydrogen) atoms. The summed E-state index contributed by atoms with van der Waals surface area (Å²) in [5.74, 6) is 3.15. The maximum atomic E-state index is 11.9. The van der Waals surface area contributed by atoms with E-state index in [9.17, 15) is 4.79 Å². The van der Waals surface area contributed by atoms with Gasteiger partial charge in [0.05, 0.1) is 12.6 Å². The van der Waals surface area contributed by atoms with Gasteiger partial charge in [0.1, 0.15) is 0 Å². The van der Waals surface area contributed by atoms with E-state index in [4.69, 9.17) is 6.42 Å². The predicted octanol–water partition coefficient (Wildman–Crippen LogP) is 0.0449. The van der Waals surface area contributed by atoms with Gasteiger partial charge in [-0.2, -0.15) is 0 Å². The number of aryl methyl sites for hydroxylation is 1. The Morgan fingerprint density at radius 2 is 2.00 bits per heavy atom. The Hall–Kier alpha value is -2.13. The molecule has 0 spiro atoms. The maximum absolute atomic E-state index is 11.9. The molecular weight excluding hydrogens is 266 g/mol. The molecule has 1 aliphatic rings. The highest BCUT2D eigenvalue weighted by atomic mass is 16.2. The van der Waals surface area contributed by atoms with Gasteiger partial charge in [0.2, 0.25) is 11.9 Å². The molecule has 1 fully saturated rings. The van der Waals surface area contributed by atoms with Crippen LogP contribution >= 0.6 is 0 Å². The van der Waals surface area contributed by atoms with E-state index in [0.717, 1.165) is 37.7 Å². The molecule has 0 bridgehead atoms. The van der Waals surface area contributed by atoms with Gasteiger partial charge >= 0.3 is 0 Å². The van der Waals surface area contributed by atoms with Crippen molar-refractivity contribution in [3.63, 3.8) is 0 Å². The summed E-state index contributed by atoms with van der Waals surface area (Å²) in [6, 6.07) is -0.167. The van der Waals surface area contributed by atoms with E-state index in [1.54, 1.807) is 0 Å². The minimum Gasteiger partial charge on any atom is -0.344 e. The van der Waals surface area contributed by atoms with Crippen LogP contribution in [-0.4, -0.2) is 59.5 Å². The van der Waals surface area contributed by atoms with Crippen molar-refractivity contribution < 1.29 is 4.79 Å². The lowest BCUT2D eigenvalue weighted by Gasteiger charge is -2.37. The number of piperazine rings is 1. The van der Waals surface area contributed by atoms with Crippen LogP contribution in [0.15, 0.2) is 12.4 Å². The normalized spacial score (nSPS) is 17.1. The molecule has 0 aliphatic carbocycles. The lowest BCUT2D eigenvalue weighted by molar-refractivity contribution is -0.125. The highest BCUT2D eigenvalue weighted by molar-refractivity contribution is 5.81. The minimum atomic E-state index is -0.167. The standard InChI is InChI=1S/C15H21N5O/c1-4-5-16-14(21)13(3)19-6-8-20(9-7-19)15-17-10-12(2)11-18-15/h1,10-11,13H,5-9H2,2-3H3,(H,16,21). The van der Waals surface area contributed by atoms with Crippen molar-refractivity contribution in [3.05, 3.63) is 18.0 Å². The van der Waals surface area contributed by atoms with Crippen LogP contribution in [0.2, 0.25) is 0 Å². The number of carbonyl (C=O) groups excluding carboxylic acids is 1. The summed E-state index contributed by atoms with van der Waals surface area (Å²) in [6.07, 6.45) is 8.80. The molecule has 1 unspecified atom stereocenters. The summed E-state index contributed by atoms with van der Waals surface area (Å²) in [5.41, 5.74) is 1.05. The van der Waals surface area contributed by atoms with Gasteiger partial charge in [-0.3, -0.25) is 9.69 Å². The van der Waals surface area contributed by atoms with Gasteiger partial charge in [-0.1, -0.05) is 5.92 Å². The highest BCUT2D eigenvalue weighted by Gasteiger charge is 2.26. The Bertz CT molecular complexity index is 514. The van der Waals surface area contributed by atoms with Crippen LogP contribution in [0.25, 0.3) is 0 Å². The van der Waals surface area contributed by atoms with Crippen molar-refractivity contribution >= 4 is 11.9 Å². The van der Waals surface area contributed by atoms with Crippen molar-refractivity contribution in [2.75, 3.05) is 37.6 Å². The zero-order valence-electron chi connectivity index (χ0n) is 12.5. The van der Waals surface area contributed by atoms with Gasteiger partial charge in [-0.15, -0.1) is 6.42 Å². The fourth-order valence-electron chi connectivity index (χ4n) is 2.31. The lowest BCUT2D eigenvalue weighted by Crippen LogP contribution is -2.54. The van der Waals surface area contributed by atoms with Crippen LogP contribution in [0.5, 0.6) is 0 Å². The van der Waals surface area contributed by atoms with E-state index in [-0.39, 0.29) is 18.5 Å². The molecule has 1 saturated heterocycles. The van der Waals surface area contributed by atoms with E-state index in [2.05, 4.69) is 31.0 Å². The SMILES string of the molecule is C#CCNC(=O)C(C)N1CCN(c2ncc(C)cn2)CC1. The molecule has 1 amide bonds. The van der Waals surface area contributed by atoms with E-state index < -0.39 is 0 Å². The average molecular weight is 287 g/mol. The number of amides is 1. The summed E-state index contributed by atoms with van der Waals surface area (Å²) < 4.78 is 0. The zero-order valence-corrected chi connectivity index (χ0v) is 12.5. The van der Waals surface area contributed by atoms with Crippen LogP contribution < -0.4 is 10.2 Å². The monoisotopic (exact) mass is 287 g/mol. The summed E-state index contributed by atoms with van der Waals surface area (Å²) in [5, 5.41) is 2.72. The summed E-state index contributed by atoms with van der Waals surface area (Å²) >= 11 is 0. The first kappa shape index (κ1) is 15.3. The molecule has 0 saturated carbocycles. The Morgan fingerprint density at radius 3 is 2.57 bits per heavy atom. The zero-order chi connectivity index (χ0) is 15.2. The van der Waals surface area contributed by atoms with Crippen molar-refractivity contribution in [2.24, 2.45) is 0 Å². The third-order valence-electron chi connectivity index (χ3n) is 3.66. The van der Waals surface area contributed by atoms with Crippen LogP contribution in [0.4, 0.5) is 5.95 Å². The molecule has 0 radical (unpaired) electrons. The number of hydrogen-bond donors (Lipinski definition) is 1. The summed E-state index contributed by atoms with van der Waals surface area (Å²) in [4.78, 5) is 24.9. The van der Waals surface area contributed by atoms with Crippen LogP contribution in [0.3, 0.4) is 0 Å². The van der Waals surface area contributed by atoms with Gasteiger partial charge in [0.15, 0.2) is 0 Å². The van der Waals surface area contributed by atoms with Gasteiger partial charge in [-0.25, -0.2) is 9.97 Å². The van der Waals surface area contributed by atoms with Gasteiger partial charge < -0.3 is 10.2 Å². The van der Waals surface area contributed by atoms with E-state index >= 15 is 0 Å². The maximum Gasteiger partial charge on any atom is 0.237 e. The molecule has 1 aromatic rings. The number of carbonyl (C=O) groups is 1. The Labute approximate surface area is 125 Å². The molecule has 6 heteroatoms. The number of terminal acetylenes is 1. The second-order valence-corrected chi connectivity index (χ2v) is 5.18. The summed E-state index contributed by atoms with van der Waals surface area (Å²) in [7, 11) is 0. The largest absolute Gasteiger partial charge is 0.344 e. The third kappa shape index (κ3) is 3.92. The van der Waals surface area contributed by atoms with Gasteiger partial charge in [-0.05, 0) is 19.4 Å². The minimum absolute atomic E-state index is 0.0204. The predicted molar refractivity (Wildman–Crippen MR) is 81.9 cm³/mol. The summed E-state index contributed by atoms with van der Waals surface area (Å²) in [6.45, 7) is 7.40. The number of hydrogen-bond acceptors (Lipinski definition) is 5. The quantitative estimate of drug-likeness (QED) is 0.793. The molecule has 2 heterocycles. The number of rotatable bonds is 4. The first-order valence-corrected chi connectivity index (χ1v) is 7.10. The topological polar surface area (TPSA) is 61.4 Å². The van der Waals surface area contributed by atoms with Crippen molar-refractivity contribution in [1.29, 1.82) is 0 Å². The molecule has 6 nitrogen and oxygen atoms in total.